The van der Waals surface area contributed by atoms with E-state index in [-0.39, 0.29) is 17.8 Å². The molecule has 21 heavy (non-hydrogen) atoms. The number of benzene rings is 1. The number of hydrogen-bond donors (Lipinski definition) is 1. The Hall–Kier alpha value is -1.42. The molecule has 1 amide bonds. The molecule has 0 aromatic heterocycles. The number of unbranched alkanes of at least 4 members (excludes halogenated alkanes) is 1. The Balaban J connectivity index is 1.55. The molecular weight excluding hydrogens is 269 g/mol. The first-order chi connectivity index (χ1) is 10.3. The summed E-state index contributed by atoms with van der Waals surface area (Å²) in [4.78, 5) is 11.7. The van der Waals surface area contributed by atoms with Crippen molar-refractivity contribution < 1.29 is 13.9 Å². The van der Waals surface area contributed by atoms with Gasteiger partial charge in [-0.2, -0.15) is 0 Å². The summed E-state index contributed by atoms with van der Waals surface area (Å²) in [5.74, 6) is -0.0798. The number of carbonyl (C=O) groups excluding carboxylic acids is 1. The van der Waals surface area contributed by atoms with Gasteiger partial charge >= 0.3 is 0 Å². The molecule has 1 fully saturated rings. The van der Waals surface area contributed by atoms with Crippen LogP contribution in [0.1, 0.15) is 44.1 Å². The van der Waals surface area contributed by atoms with Gasteiger partial charge in [-0.3, -0.25) is 4.79 Å². The summed E-state index contributed by atoms with van der Waals surface area (Å²) in [5, 5.41) is 2.92. The molecule has 1 N–H and O–H groups in total. The normalized spacial score (nSPS) is 18.4. The Labute approximate surface area is 125 Å². The van der Waals surface area contributed by atoms with E-state index in [1.165, 1.54) is 6.07 Å². The van der Waals surface area contributed by atoms with E-state index in [9.17, 15) is 9.18 Å². The largest absolute Gasteiger partial charge is 0.378 e. The quantitative estimate of drug-likeness (QED) is 0.784. The standard InChI is InChI=1S/C17H24FNO2/c18-16-10-2-1-7-14(16)8-3-5-11-19-17(20)13-15-9-4-6-12-21-15/h1-2,7,10,15H,3-6,8-9,11-13H2,(H,19,20). The third kappa shape index (κ3) is 5.84. The van der Waals surface area contributed by atoms with Gasteiger partial charge in [-0.05, 0) is 50.2 Å². The van der Waals surface area contributed by atoms with Crippen LogP contribution in [0.4, 0.5) is 4.39 Å². The minimum absolute atomic E-state index is 0.0628. The maximum atomic E-state index is 13.4. The van der Waals surface area contributed by atoms with Gasteiger partial charge in [-0.15, -0.1) is 0 Å². The average molecular weight is 293 g/mol. The Kier molecular flexibility index (Phi) is 6.67. The first-order valence-corrected chi connectivity index (χ1v) is 7.87. The second-order valence-corrected chi connectivity index (χ2v) is 5.59. The number of carbonyl (C=O) groups is 1. The van der Waals surface area contributed by atoms with Crippen LogP contribution < -0.4 is 5.32 Å². The van der Waals surface area contributed by atoms with E-state index in [0.29, 0.717) is 19.4 Å². The fourth-order valence-corrected chi connectivity index (χ4v) is 2.62. The van der Waals surface area contributed by atoms with E-state index in [1.54, 1.807) is 6.07 Å². The summed E-state index contributed by atoms with van der Waals surface area (Å²) in [5.41, 5.74) is 0.749. The lowest BCUT2D eigenvalue weighted by Gasteiger charge is -2.21. The van der Waals surface area contributed by atoms with Crippen molar-refractivity contribution in [1.82, 2.24) is 5.32 Å². The van der Waals surface area contributed by atoms with Crippen LogP contribution >= 0.6 is 0 Å². The summed E-state index contributed by atoms with van der Waals surface area (Å²) in [6.45, 7) is 1.43. The highest BCUT2D eigenvalue weighted by Crippen LogP contribution is 2.15. The van der Waals surface area contributed by atoms with Crippen molar-refractivity contribution in [3.63, 3.8) is 0 Å². The van der Waals surface area contributed by atoms with Crippen molar-refractivity contribution in [2.75, 3.05) is 13.2 Å². The molecule has 0 saturated carbocycles. The zero-order valence-corrected chi connectivity index (χ0v) is 12.4. The molecule has 1 saturated heterocycles. The third-order valence-corrected chi connectivity index (χ3v) is 3.84. The minimum Gasteiger partial charge on any atom is -0.378 e. The second kappa shape index (κ2) is 8.78. The number of amides is 1. The Bertz CT molecular complexity index is 444. The molecule has 0 bridgehead atoms. The van der Waals surface area contributed by atoms with Crippen molar-refractivity contribution in [2.45, 2.75) is 51.0 Å². The monoisotopic (exact) mass is 293 g/mol. The molecule has 0 aliphatic carbocycles. The maximum Gasteiger partial charge on any atom is 0.222 e. The number of ether oxygens (including phenoxy) is 1. The van der Waals surface area contributed by atoms with E-state index in [0.717, 1.165) is 44.3 Å². The molecule has 0 spiro atoms. The Morgan fingerprint density at radius 3 is 2.90 bits per heavy atom. The van der Waals surface area contributed by atoms with Crippen LogP contribution in [0.15, 0.2) is 24.3 Å². The molecule has 1 heterocycles. The highest BCUT2D eigenvalue weighted by molar-refractivity contribution is 5.76. The third-order valence-electron chi connectivity index (χ3n) is 3.84. The number of aryl methyl sites for hydroxylation is 1. The number of hydrogen-bond acceptors (Lipinski definition) is 2. The fourth-order valence-electron chi connectivity index (χ4n) is 2.62. The van der Waals surface area contributed by atoms with Gasteiger partial charge in [0.2, 0.25) is 5.91 Å². The van der Waals surface area contributed by atoms with E-state index < -0.39 is 0 Å². The molecule has 1 aliphatic heterocycles. The predicted molar refractivity (Wildman–Crippen MR) is 80.6 cm³/mol. The SMILES string of the molecule is O=C(CC1CCCCO1)NCCCCc1ccccc1F. The minimum atomic E-state index is -0.143. The van der Waals surface area contributed by atoms with Gasteiger partial charge in [0.1, 0.15) is 5.82 Å². The van der Waals surface area contributed by atoms with Gasteiger partial charge in [0, 0.05) is 13.2 Å². The predicted octanol–water partition coefficient (Wildman–Crippen LogP) is 3.22. The van der Waals surface area contributed by atoms with E-state index in [4.69, 9.17) is 4.74 Å². The Morgan fingerprint density at radius 1 is 1.29 bits per heavy atom. The van der Waals surface area contributed by atoms with Crippen molar-refractivity contribution >= 4 is 5.91 Å². The van der Waals surface area contributed by atoms with E-state index >= 15 is 0 Å². The second-order valence-electron chi connectivity index (χ2n) is 5.59. The molecule has 2 rings (SSSR count). The van der Waals surface area contributed by atoms with Gasteiger partial charge in [0.05, 0.1) is 12.5 Å². The van der Waals surface area contributed by atoms with Crippen LogP contribution in [-0.4, -0.2) is 25.2 Å². The van der Waals surface area contributed by atoms with Crippen LogP contribution in [0.25, 0.3) is 0 Å². The van der Waals surface area contributed by atoms with E-state index in [2.05, 4.69) is 5.32 Å². The lowest BCUT2D eigenvalue weighted by Crippen LogP contribution is -2.31. The first-order valence-electron chi connectivity index (χ1n) is 7.87. The summed E-state index contributed by atoms with van der Waals surface area (Å²) < 4.78 is 18.9. The van der Waals surface area contributed by atoms with Crippen molar-refractivity contribution in [3.05, 3.63) is 35.6 Å². The number of halogens is 1. The zero-order valence-electron chi connectivity index (χ0n) is 12.4. The topological polar surface area (TPSA) is 38.3 Å². The lowest BCUT2D eigenvalue weighted by atomic mass is 10.1. The molecular formula is C17H24FNO2. The van der Waals surface area contributed by atoms with Crippen LogP contribution in [0.2, 0.25) is 0 Å². The Morgan fingerprint density at radius 2 is 2.14 bits per heavy atom. The van der Waals surface area contributed by atoms with Crippen LogP contribution in [-0.2, 0) is 16.0 Å². The van der Waals surface area contributed by atoms with Gasteiger partial charge in [-0.1, -0.05) is 18.2 Å². The van der Waals surface area contributed by atoms with Crippen LogP contribution in [0.3, 0.4) is 0 Å². The molecule has 1 aromatic carbocycles. The molecule has 1 aromatic rings. The highest BCUT2D eigenvalue weighted by Gasteiger charge is 2.17. The molecule has 1 atom stereocenters. The molecule has 4 heteroatoms. The fraction of sp³-hybridized carbons (Fsp3) is 0.588. The summed E-state index contributed by atoms with van der Waals surface area (Å²) in [6.07, 6.45) is 6.27. The average Bonchev–Trinajstić information content (AvgIpc) is 2.50. The summed E-state index contributed by atoms with van der Waals surface area (Å²) >= 11 is 0. The molecule has 1 aliphatic rings. The smallest absolute Gasteiger partial charge is 0.222 e. The molecule has 1 unspecified atom stereocenters. The van der Waals surface area contributed by atoms with Gasteiger partial charge in [0.25, 0.3) is 0 Å². The molecule has 3 nitrogen and oxygen atoms in total. The number of nitrogens with one attached hydrogen (secondary N) is 1. The van der Waals surface area contributed by atoms with Crippen molar-refractivity contribution in [3.8, 4) is 0 Å². The van der Waals surface area contributed by atoms with Crippen LogP contribution in [0.5, 0.6) is 0 Å². The van der Waals surface area contributed by atoms with Crippen molar-refractivity contribution in [2.24, 2.45) is 0 Å². The van der Waals surface area contributed by atoms with Crippen molar-refractivity contribution in [1.29, 1.82) is 0 Å². The van der Waals surface area contributed by atoms with E-state index in [1.807, 2.05) is 12.1 Å². The number of rotatable bonds is 7. The maximum absolute atomic E-state index is 13.4. The summed E-state index contributed by atoms with van der Waals surface area (Å²) in [6, 6.07) is 6.85. The van der Waals surface area contributed by atoms with Gasteiger partial charge < -0.3 is 10.1 Å². The first kappa shape index (κ1) is 16.0. The van der Waals surface area contributed by atoms with Crippen LogP contribution in [0, 0.1) is 5.82 Å². The van der Waals surface area contributed by atoms with Gasteiger partial charge in [0.15, 0.2) is 0 Å². The van der Waals surface area contributed by atoms with Gasteiger partial charge in [-0.25, -0.2) is 4.39 Å². The molecule has 0 radical (unpaired) electrons. The highest BCUT2D eigenvalue weighted by atomic mass is 19.1. The summed E-state index contributed by atoms with van der Waals surface area (Å²) in [7, 11) is 0. The lowest BCUT2D eigenvalue weighted by molar-refractivity contribution is -0.124. The molecule has 116 valence electrons. The zero-order chi connectivity index (χ0) is 14.9.